The van der Waals surface area contributed by atoms with Crippen LogP contribution in [0.25, 0.3) is 0 Å². The fraction of sp³-hybridized carbons (Fsp3) is 0.250. The Hall–Kier alpha value is -2.39. The largest absolute Gasteiger partial charge is 0.497 e. The van der Waals surface area contributed by atoms with Crippen molar-refractivity contribution in [2.45, 2.75) is 18.3 Å². The number of benzene rings is 1. The first-order valence-electron chi connectivity index (χ1n) is 7.15. The molecular formula is C16H13F3N2O3S. The fourth-order valence-corrected chi connectivity index (χ4v) is 3.08. The number of carbonyl (C=O) groups excluding carboxylic acids is 1. The zero-order valence-electron chi connectivity index (χ0n) is 12.9. The molecule has 1 aliphatic heterocycles. The smallest absolute Gasteiger partial charge is 0.438 e. The van der Waals surface area contributed by atoms with Crippen molar-refractivity contribution in [2.24, 2.45) is 5.10 Å². The van der Waals surface area contributed by atoms with Crippen LogP contribution >= 0.6 is 11.3 Å². The Kier molecular flexibility index (Phi) is 4.29. The first kappa shape index (κ1) is 17.4. The van der Waals surface area contributed by atoms with Gasteiger partial charge in [0.05, 0.1) is 24.1 Å². The molecule has 1 aliphatic rings. The molecule has 0 saturated carbocycles. The maximum Gasteiger partial charge on any atom is 0.438 e. The van der Waals surface area contributed by atoms with E-state index in [9.17, 15) is 23.1 Å². The molecule has 1 atom stereocenters. The number of nitrogens with zero attached hydrogens (tertiary/aromatic N) is 2. The summed E-state index contributed by atoms with van der Waals surface area (Å²) in [5.74, 6) is -0.474. The van der Waals surface area contributed by atoms with E-state index in [0.29, 0.717) is 11.3 Å². The van der Waals surface area contributed by atoms with Crippen molar-refractivity contribution < 1.29 is 27.8 Å². The Balaban J connectivity index is 2.01. The van der Waals surface area contributed by atoms with Crippen molar-refractivity contribution in [1.82, 2.24) is 5.01 Å². The number of hydrogen-bond donors (Lipinski definition) is 1. The first-order chi connectivity index (χ1) is 11.8. The molecule has 0 unspecified atom stereocenters. The van der Waals surface area contributed by atoms with Crippen LogP contribution in [0.15, 0.2) is 46.9 Å². The lowest BCUT2D eigenvalue weighted by molar-refractivity contribution is -0.297. The van der Waals surface area contributed by atoms with Gasteiger partial charge in [0, 0.05) is 0 Å². The van der Waals surface area contributed by atoms with E-state index in [1.54, 1.807) is 17.5 Å². The highest BCUT2D eigenvalue weighted by Crippen LogP contribution is 2.42. The number of alkyl halides is 3. The monoisotopic (exact) mass is 370 g/mol. The lowest BCUT2D eigenvalue weighted by atomic mass is 10.0. The summed E-state index contributed by atoms with van der Waals surface area (Å²) in [6.07, 6.45) is -5.91. The first-order valence-corrected chi connectivity index (χ1v) is 8.03. The van der Waals surface area contributed by atoms with Gasteiger partial charge in [-0.15, -0.1) is 11.3 Å². The molecule has 9 heteroatoms. The maximum atomic E-state index is 13.5. The highest BCUT2D eigenvalue weighted by molar-refractivity contribution is 7.12. The molecule has 0 fully saturated rings. The molecule has 1 amide bonds. The molecule has 132 valence electrons. The number of methoxy groups -OCH3 is 1. The van der Waals surface area contributed by atoms with E-state index in [1.807, 2.05) is 0 Å². The van der Waals surface area contributed by atoms with Crippen molar-refractivity contribution >= 4 is 23.0 Å². The molecule has 1 aromatic carbocycles. The van der Waals surface area contributed by atoms with Crippen molar-refractivity contribution in [3.63, 3.8) is 0 Å². The highest BCUT2D eigenvalue weighted by atomic mass is 32.1. The fourth-order valence-electron chi connectivity index (χ4n) is 2.43. The number of halogens is 3. The number of aliphatic hydroxyl groups is 1. The molecule has 0 radical (unpaired) electrons. The minimum absolute atomic E-state index is 0.0348. The van der Waals surface area contributed by atoms with E-state index in [4.69, 9.17) is 4.74 Å². The van der Waals surface area contributed by atoms with Crippen molar-refractivity contribution in [1.29, 1.82) is 0 Å². The van der Waals surface area contributed by atoms with Crippen LogP contribution in [0.1, 0.15) is 21.7 Å². The average Bonchev–Trinajstić information content (AvgIpc) is 3.22. The second-order valence-electron chi connectivity index (χ2n) is 5.36. The Bertz CT molecular complexity index is 803. The summed E-state index contributed by atoms with van der Waals surface area (Å²) in [7, 11) is 1.46. The van der Waals surface area contributed by atoms with Gasteiger partial charge in [0.2, 0.25) is 0 Å². The molecule has 1 aromatic heterocycles. The lowest BCUT2D eigenvalue weighted by Gasteiger charge is -2.32. The van der Waals surface area contributed by atoms with Gasteiger partial charge in [0.1, 0.15) is 5.75 Å². The minimum Gasteiger partial charge on any atom is -0.497 e. The van der Waals surface area contributed by atoms with Gasteiger partial charge < -0.3 is 9.84 Å². The standard InChI is InChI=1S/C16H13F3N2O3S/c1-24-11-6-4-10(5-7-11)12-9-15(23,16(17,18)19)21(20-12)14(22)13-3-2-8-25-13/h2-8,23H,9H2,1H3/t15-/m1/s1. The number of rotatable bonds is 3. The molecule has 1 N–H and O–H groups in total. The zero-order chi connectivity index (χ0) is 18.2. The molecule has 0 spiro atoms. The predicted molar refractivity (Wildman–Crippen MR) is 85.6 cm³/mol. The Labute approximate surface area is 145 Å². The third-order valence-electron chi connectivity index (χ3n) is 3.79. The lowest BCUT2D eigenvalue weighted by Crippen LogP contribution is -2.56. The van der Waals surface area contributed by atoms with Crippen molar-refractivity contribution in [3.05, 3.63) is 52.2 Å². The molecule has 2 aromatic rings. The van der Waals surface area contributed by atoms with Gasteiger partial charge >= 0.3 is 6.18 Å². The van der Waals surface area contributed by atoms with Crippen molar-refractivity contribution in [2.75, 3.05) is 7.11 Å². The van der Waals surface area contributed by atoms with E-state index in [-0.39, 0.29) is 15.6 Å². The average molecular weight is 370 g/mol. The molecular weight excluding hydrogens is 357 g/mol. The number of thiophene rings is 1. The Morgan fingerprint density at radius 2 is 2.00 bits per heavy atom. The summed E-state index contributed by atoms with van der Waals surface area (Å²) < 4.78 is 45.4. The zero-order valence-corrected chi connectivity index (χ0v) is 13.8. The molecule has 5 nitrogen and oxygen atoms in total. The summed E-state index contributed by atoms with van der Waals surface area (Å²) >= 11 is 0.976. The molecule has 3 rings (SSSR count). The van der Waals surface area contributed by atoms with E-state index in [1.165, 1.54) is 31.4 Å². The summed E-state index contributed by atoms with van der Waals surface area (Å²) in [4.78, 5) is 12.5. The normalized spacial score (nSPS) is 20.5. The van der Waals surface area contributed by atoms with Crippen LogP contribution in [-0.4, -0.2) is 40.7 Å². The number of ether oxygens (including phenoxy) is 1. The molecule has 25 heavy (non-hydrogen) atoms. The quantitative estimate of drug-likeness (QED) is 0.902. The van der Waals surface area contributed by atoms with E-state index < -0.39 is 24.2 Å². The number of carbonyl (C=O) groups is 1. The summed E-state index contributed by atoms with van der Waals surface area (Å²) in [5.41, 5.74) is -3.05. The van der Waals surface area contributed by atoms with Crippen LogP contribution in [0.5, 0.6) is 5.75 Å². The van der Waals surface area contributed by atoms with Gasteiger partial charge in [-0.1, -0.05) is 6.07 Å². The van der Waals surface area contributed by atoms with Gasteiger partial charge in [0.25, 0.3) is 11.6 Å². The molecule has 0 aliphatic carbocycles. The van der Waals surface area contributed by atoms with Crippen LogP contribution in [0.3, 0.4) is 0 Å². The Morgan fingerprint density at radius 1 is 1.32 bits per heavy atom. The van der Waals surface area contributed by atoms with Gasteiger partial charge in [-0.2, -0.15) is 23.3 Å². The topological polar surface area (TPSA) is 62.1 Å². The van der Waals surface area contributed by atoms with E-state index in [0.717, 1.165) is 11.3 Å². The second-order valence-corrected chi connectivity index (χ2v) is 6.31. The maximum absolute atomic E-state index is 13.5. The van der Waals surface area contributed by atoms with Crippen LogP contribution in [0, 0.1) is 0 Å². The van der Waals surface area contributed by atoms with E-state index >= 15 is 0 Å². The van der Waals surface area contributed by atoms with Crippen LogP contribution in [-0.2, 0) is 0 Å². The third kappa shape index (κ3) is 3.00. The number of hydrogen-bond acceptors (Lipinski definition) is 5. The van der Waals surface area contributed by atoms with Gasteiger partial charge in [-0.3, -0.25) is 4.79 Å². The third-order valence-corrected chi connectivity index (χ3v) is 4.64. The minimum atomic E-state index is -5.06. The molecule has 2 heterocycles. The second kappa shape index (κ2) is 6.16. The Morgan fingerprint density at radius 3 is 2.52 bits per heavy atom. The molecule has 0 saturated heterocycles. The molecule has 0 bridgehead atoms. The summed E-state index contributed by atoms with van der Waals surface area (Å²) in [6, 6.07) is 9.09. The summed E-state index contributed by atoms with van der Waals surface area (Å²) in [6.45, 7) is 0. The van der Waals surface area contributed by atoms with Crippen molar-refractivity contribution in [3.8, 4) is 5.75 Å². The van der Waals surface area contributed by atoms with E-state index in [2.05, 4.69) is 5.10 Å². The highest BCUT2D eigenvalue weighted by Gasteiger charge is 2.63. The van der Waals surface area contributed by atoms with Gasteiger partial charge in [-0.05, 0) is 41.3 Å². The van der Waals surface area contributed by atoms with Crippen LogP contribution < -0.4 is 4.74 Å². The SMILES string of the molecule is COc1ccc(C2=NN(C(=O)c3cccs3)[C@](O)(C(F)(F)F)C2)cc1. The number of amides is 1. The van der Waals surface area contributed by atoms with Crippen LogP contribution in [0.2, 0.25) is 0 Å². The summed E-state index contributed by atoms with van der Waals surface area (Å²) in [5, 5.41) is 15.7. The predicted octanol–water partition coefficient (Wildman–Crippen LogP) is 3.26. The van der Waals surface area contributed by atoms with Gasteiger partial charge in [-0.25, -0.2) is 0 Å². The van der Waals surface area contributed by atoms with Crippen LogP contribution in [0.4, 0.5) is 13.2 Å². The number of hydrazone groups is 1. The van der Waals surface area contributed by atoms with Gasteiger partial charge in [0.15, 0.2) is 0 Å².